The molecule has 1 aromatic carbocycles. The van der Waals surface area contributed by atoms with E-state index in [1.165, 1.54) is 0 Å². The topological polar surface area (TPSA) is 92.5 Å². The van der Waals surface area contributed by atoms with Gasteiger partial charge in [0.2, 0.25) is 5.91 Å². The molecule has 1 saturated heterocycles. The number of nitrogens with zero attached hydrogens (tertiary/aromatic N) is 1. The van der Waals surface area contributed by atoms with Crippen molar-refractivity contribution in [3.8, 4) is 0 Å². The number of benzene rings is 1. The number of nitrogen functional groups attached to an aromatic ring is 1. The van der Waals surface area contributed by atoms with Gasteiger partial charge in [0.05, 0.1) is 6.04 Å². The summed E-state index contributed by atoms with van der Waals surface area (Å²) in [4.78, 5) is 38.5. The van der Waals surface area contributed by atoms with E-state index in [0.717, 1.165) is 12.7 Å². The lowest BCUT2D eigenvalue weighted by molar-refractivity contribution is -0.138. The van der Waals surface area contributed by atoms with Gasteiger partial charge in [-0.3, -0.25) is 9.59 Å². The molecule has 6 nitrogen and oxygen atoms in total. The fraction of sp³-hybridized carbons (Fsp3) is 0.526. The van der Waals surface area contributed by atoms with Crippen molar-refractivity contribution in [3.05, 3.63) is 29.3 Å². The number of amides is 2. The predicted molar refractivity (Wildman–Crippen MR) is 97.1 cm³/mol. The van der Waals surface area contributed by atoms with Gasteiger partial charge in [-0.05, 0) is 42.9 Å². The molecule has 3 N–H and O–H groups in total. The average molecular weight is 345 g/mol. The van der Waals surface area contributed by atoms with Crippen molar-refractivity contribution < 1.29 is 14.4 Å². The summed E-state index contributed by atoms with van der Waals surface area (Å²) in [7, 11) is 0. The monoisotopic (exact) mass is 345 g/mol. The van der Waals surface area contributed by atoms with Crippen LogP contribution in [0.25, 0.3) is 0 Å². The molecular weight excluding hydrogens is 318 g/mol. The molecule has 2 amide bonds. The van der Waals surface area contributed by atoms with Crippen molar-refractivity contribution in [2.75, 3.05) is 12.3 Å². The molecule has 0 aromatic heterocycles. The zero-order valence-corrected chi connectivity index (χ0v) is 15.3. The van der Waals surface area contributed by atoms with Crippen molar-refractivity contribution in [1.29, 1.82) is 0 Å². The molecular formula is C19H27N3O3. The molecule has 1 aromatic rings. The maximum atomic E-state index is 13.0. The second-order valence-electron chi connectivity index (χ2n) is 7.67. The maximum Gasteiger partial charge on any atom is 0.252 e. The number of likely N-dealkylation sites (tertiary alicyclic amines) is 1. The van der Waals surface area contributed by atoms with Crippen molar-refractivity contribution >= 4 is 23.8 Å². The molecule has 2 rings (SSSR count). The second-order valence-corrected chi connectivity index (χ2v) is 7.67. The van der Waals surface area contributed by atoms with E-state index >= 15 is 0 Å². The van der Waals surface area contributed by atoms with Crippen LogP contribution in [0, 0.1) is 12.3 Å². The van der Waals surface area contributed by atoms with Crippen LogP contribution < -0.4 is 11.1 Å². The number of hydrogen-bond acceptors (Lipinski definition) is 4. The molecule has 0 spiro atoms. The summed E-state index contributed by atoms with van der Waals surface area (Å²) in [5.74, 6) is -0.545. The summed E-state index contributed by atoms with van der Waals surface area (Å²) in [6, 6.07) is 4.02. The van der Waals surface area contributed by atoms with Gasteiger partial charge in [0.25, 0.3) is 5.91 Å². The van der Waals surface area contributed by atoms with Gasteiger partial charge in [-0.25, -0.2) is 0 Å². The Kier molecular flexibility index (Phi) is 5.50. The van der Waals surface area contributed by atoms with Gasteiger partial charge in [-0.1, -0.05) is 26.8 Å². The van der Waals surface area contributed by atoms with Crippen LogP contribution in [-0.2, 0) is 9.59 Å². The fourth-order valence-electron chi connectivity index (χ4n) is 3.13. The van der Waals surface area contributed by atoms with Gasteiger partial charge in [0, 0.05) is 17.8 Å². The molecule has 1 heterocycles. The maximum absolute atomic E-state index is 13.0. The fourth-order valence-corrected chi connectivity index (χ4v) is 3.13. The van der Waals surface area contributed by atoms with Crippen LogP contribution in [0.5, 0.6) is 0 Å². The molecule has 6 heteroatoms. The van der Waals surface area contributed by atoms with Gasteiger partial charge < -0.3 is 20.7 Å². The summed E-state index contributed by atoms with van der Waals surface area (Å²) < 4.78 is 0. The molecule has 0 aliphatic carbocycles. The second kappa shape index (κ2) is 7.25. The number of anilines is 1. The van der Waals surface area contributed by atoms with E-state index in [2.05, 4.69) is 5.32 Å². The molecule has 0 unspecified atom stereocenters. The van der Waals surface area contributed by atoms with Crippen LogP contribution in [0.4, 0.5) is 5.69 Å². The quantitative estimate of drug-likeness (QED) is 0.644. The van der Waals surface area contributed by atoms with Gasteiger partial charge >= 0.3 is 0 Å². The molecule has 25 heavy (non-hydrogen) atoms. The van der Waals surface area contributed by atoms with Crippen LogP contribution >= 0.6 is 0 Å². The Morgan fingerprint density at radius 3 is 2.64 bits per heavy atom. The Labute approximate surface area is 148 Å². The lowest BCUT2D eigenvalue weighted by Crippen LogP contribution is -2.56. The summed E-state index contributed by atoms with van der Waals surface area (Å²) in [6.07, 6.45) is 2.29. The zero-order valence-electron chi connectivity index (χ0n) is 15.3. The van der Waals surface area contributed by atoms with Crippen LogP contribution in [-0.4, -0.2) is 41.6 Å². The lowest BCUT2D eigenvalue weighted by atomic mass is 9.85. The molecule has 1 fully saturated rings. The first-order chi connectivity index (χ1) is 11.7. The van der Waals surface area contributed by atoms with Gasteiger partial charge in [0.15, 0.2) is 0 Å². The number of aldehydes is 1. The summed E-state index contributed by atoms with van der Waals surface area (Å²) in [5.41, 5.74) is 7.06. The van der Waals surface area contributed by atoms with E-state index in [1.807, 2.05) is 20.8 Å². The van der Waals surface area contributed by atoms with Gasteiger partial charge in [-0.15, -0.1) is 0 Å². The third-order valence-corrected chi connectivity index (χ3v) is 4.75. The highest BCUT2D eigenvalue weighted by molar-refractivity contribution is 6.00. The van der Waals surface area contributed by atoms with Crippen molar-refractivity contribution in [3.63, 3.8) is 0 Å². The molecule has 0 bridgehead atoms. The smallest absolute Gasteiger partial charge is 0.252 e. The van der Waals surface area contributed by atoms with Gasteiger partial charge in [0.1, 0.15) is 12.3 Å². The van der Waals surface area contributed by atoms with Crippen molar-refractivity contribution in [2.45, 2.75) is 52.6 Å². The van der Waals surface area contributed by atoms with Crippen LogP contribution in [0.1, 0.15) is 49.5 Å². The SMILES string of the molecule is Cc1c(N)cccc1C(=O)N[C@H](C(=O)N1CCC[C@H]1C=O)C(C)(C)C. The van der Waals surface area contributed by atoms with Crippen LogP contribution in [0.3, 0.4) is 0 Å². The average Bonchev–Trinajstić information content (AvgIpc) is 3.02. The molecule has 136 valence electrons. The third-order valence-electron chi connectivity index (χ3n) is 4.75. The normalized spacial score (nSPS) is 18.7. The molecule has 0 saturated carbocycles. The minimum absolute atomic E-state index is 0.211. The van der Waals surface area contributed by atoms with E-state index < -0.39 is 17.5 Å². The van der Waals surface area contributed by atoms with Crippen molar-refractivity contribution in [2.24, 2.45) is 5.41 Å². The number of nitrogens with two attached hydrogens (primary N) is 1. The minimum Gasteiger partial charge on any atom is -0.398 e. The Morgan fingerprint density at radius 2 is 2.04 bits per heavy atom. The minimum atomic E-state index is -0.721. The van der Waals surface area contributed by atoms with Crippen LogP contribution in [0.2, 0.25) is 0 Å². The third kappa shape index (κ3) is 4.00. The van der Waals surface area contributed by atoms with E-state index in [0.29, 0.717) is 29.8 Å². The predicted octanol–water partition coefficient (Wildman–Crippen LogP) is 1.91. The molecule has 2 atom stereocenters. The van der Waals surface area contributed by atoms with Crippen molar-refractivity contribution in [1.82, 2.24) is 10.2 Å². The molecule has 1 aliphatic heterocycles. The number of carbonyl (C=O) groups is 3. The highest BCUT2D eigenvalue weighted by atomic mass is 16.2. The summed E-state index contributed by atoms with van der Waals surface area (Å²) in [5, 5.41) is 2.86. The van der Waals surface area contributed by atoms with E-state index in [4.69, 9.17) is 5.73 Å². The number of hydrogen-bond donors (Lipinski definition) is 2. The number of rotatable bonds is 4. The van der Waals surface area contributed by atoms with Gasteiger partial charge in [-0.2, -0.15) is 0 Å². The van der Waals surface area contributed by atoms with E-state index in [-0.39, 0.29) is 11.8 Å². The molecule has 0 radical (unpaired) electrons. The largest absolute Gasteiger partial charge is 0.398 e. The highest BCUT2D eigenvalue weighted by Crippen LogP contribution is 2.26. The Hall–Kier alpha value is -2.37. The van der Waals surface area contributed by atoms with Crippen LogP contribution in [0.15, 0.2) is 18.2 Å². The first-order valence-corrected chi connectivity index (χ1v) is 8.58. The first-order valence-electron chi connectivity index (χ1n) is 8.58. The van der Waals surface area contributed by atoms with E-state index in [9.17, 15) is 14.4 Å². The lowest BCUT2D eigenvalue weighted by Gasteiger charge is -2.34. The van der Waals surface area contributed by atoms with E-state index in [1.54, 1.807) is 30.0 Å². The summed E-state index contributed by atoms with van der Waals surface area (Å²) in [6.45, 7) is 8.01. The summed E-state index contributed by atoms with van der Waals surface area (Å²) >= 11 is 0. The molecule has 1 aliphatic rings. The Balaban J connectivity index is 2.26. The first kappa shape index (κ1) is 19.0. The standard InChI is InChI=1S/C19H27N3O3/c1-12-14(8-5-9-15(12)20)17(24)21-16(19(2,3)4)18(25)22-10-6-7-13(22)11-23/h5,8-9,11,13,16H,6-7,10,20H2,1-4H3,(H,21,24)/t13-,16+/m0/s1. The highest BCUT2D eigenvalue weighted by Gasteiger charge is 2.39. The number of nitrogens with one attached hydrogen (secondary N) is 1. The Bertz CT molecular complexity index is 679. The Morgan fingerprint density at radius 1 is 1.36 bits per heavy atom. The number of carbonyl (C=O) groups excluding carboxylic acids is 3. The zero-order chi connectivity index (χ0) is 18.8.